The van der Waals surface area contributed by atoms with E-state index in [9.17, 15) is 18.8 Å². The third kappa shape index (κ3) is 3.81. The zero-order chi connectivity index (χ0) is 20.3. The monoisotopic (exact) mass is 391 g/mol. The molecule has 2 aliphatic rings. The van der Waals surface area contributed by atoms with E-state index in [1.54, 1.807) is 0 Å². The summed E-state index contributed by atoms with van der Waals surface area (Å²) in [7, 11) is 1.42. The molecule has 1 aliphatic heterocycles. The van der Waals surface area contributed by atoms with Crippen LogP contribution in [0, 0.1) is 5.82 Å². The smallest absolute Gasteiger partial charge is 0.297 e. The van der Waals surface area contributed by atoms with Gasteiger partial charge in [0.1, 0.15) is 17.3 Å². The zero-order valence-corrected chi connectivity index (χ0v) is 15.5. The molecule has 1 aromatic rings. The lowest BCUT2D eigenvalue weighted by Gasteiger charge is -2.45. The first-order valence-corrected chi connectivity index (χ1v) is 9.05. The molecule has 1 atom stereocenters. The summed E-state index contributed by atoms with van der Waals surface area (Å²) in [6.45, 7) is -0.0481. The number of ether oxygens (including phenoxy) is 1. The van der Waals surface area contributed by atoms with Crippen LogP contribution < -0.4 is 5.32 Å². The summed E-state index contributed by atoms with van der Waals surface area (Å²) in [6.07, 6.45) is 2.02. The second-order valence-electron chi connectivity index (χ2n) is 6.85. The molecule has 1 unspecified atom stereocenters. The number of nitrogens with zero attached hydrogens (tertiary/aromatic N) is 2. The topological polar surface area (TPSA) is 108 Å². The van der Waals surface area contributed by atoms with Crippen molar-refractivity contribution in [3.63, 3.8) is 0 Å². The van der Waals surface area contributed by atoms with Crippen LogP contribution in [0.2, 0.25) is 0 Å². The Hall–Kier alpha value is -2.65. The maximum absolute atomic E-state index is 13.0. The number of ketones is 1. The summed E-state index contributed by atoms with van der Waals surface area (Å²) in [5.41, 5.74) is -0.226. The summed E-state index contributed by atoms with van der Waals surface area (Å²) in [5, 5.41) is 11.6. The molecule has 0 saturated heterocycles. The SMILES string of the molecule is CN1C(=O)C(=O)C(C(=O)NCc2ccc(F)cc2)N=C1C1(OCCO)CCC1. The average Bonchev–Trinajstić information content (AvgIpc) is 2.66. The predicted octanol–water partition coefficient (Wildman–Crippen LogP) is 0.182. The molecule has 150 valence electrons. The van der Waals surface area contributed by atoms with Gasteiger partial charge in [-0.2, -0.15) is 0 Å². The van der Waals surface area contributed by atoms with E-state index in [0.29, 0.717) is 18.4 Å². The van der Waals surface area contributed by atoms with Crippen molar-refractivity contribution in [2.75, 3.05) is 20.3 Å². The zero-order valence-electron chi connectivity index (χ0n) is 15.5. The number of nitrogens with one attached hydrogen (secondary N) is 1. The van der Waals surface area contributed by atoms with E-state index in [1.807, 2.05) is 0 Å². The van der Waals surface area contributed by atoms with Crippen molar-refractivity contribution in [3.8, 4) is 0 Å². The number of hydrogen-bond acceptors (Lipinski definition) is 6. The molecule has 0 radical (unpaired) electrons. The third-order valence-electron chi connectivity index (χ3n) is 5.00. The number of rotatable bonds is 7. The van der Waals surface area contributed by atoms with Crippen LogP contribution in [0.3, 0.4) is 0 Å². The lowest BCUT2D eigenvalue weighted by atomic mass is 9.77. The lowest BCUT2D eigenvalue weighted by molar-refractivity contribution is -0.146. The Bertz CT molecular complexity index is 804. The highest BCUT2D eigenvalue weighted by Crippen LogP contribution is 2.39. The first-order valence-electron chi connectivity index (χ1n) is 9.05. The number of Topliss-reactive ketones (excluding diaryl/α,β-unsaturated/α-hetero) is 1. The molecule has 8 nitrogen and oxygen atoms in total. The van der Waals surface area contributed by atoms with E-state index in [1.165, 1.54) is 31.3 Å². The summed E-state index contributed by atoms with van der Waals surface area (Å²) in [4.78, 5) is 42.6. The number of likely N-dealkylation sites (N-methyl/N-ethyl adjacent to an activating group) is 1. The molecule has 0 aromatic heterocycles. The molecule has 1 aliphatic carbocycles. The number of benzene rings is 1. The van der Waals surface area contributed by atoms with E-state index >= 15 is 0 Å². The first-order chi connectivity index (χ1) is 13.4. The minimum Gasteiger partial charge on any atom is -0.394 e. The van der Waals surface area contributed by atoms with Gasteiger partial charge in [0.25, 0.3) is 17.6 Å². The number of aliphatic imine (C=N–C) groups is 1. The maximum atomic E-state index is 13.0. The van der Waals surface area contributed by atoms with Gasteiger partial charge in [0.15, 0.2) is 6.04 Å². The largest absolute Gasteiger partial charge is 0.394 e. The van der Waals surface area contributed by atoms with Gasteiger partial charge in [-0.3, -0.25) is 19.3 Å². The molecule has 1 fully saturated rings. The van der Waals surface area contributed by atoms with Crippen LogP contribution in [-0.4, -0.2) is 65.3 Å². The van der Waals surface area contributed by atoms with Crippen LogP contribution in [-0.2, 0) is 25.7 Å². The normalized spacial score (nSPS) is 21.2. The van der Waals surface area contributed by atoms with Crippen molar-refractivity contribution in [2.45, 2.75) is 37.5 Å². The number of amides is 2. The van der Waals surface area contributed by atoms with Crippen molar-refractivity contribution in [3.05, 3.63) is 35.6 Å². The number of hydrogen-bond donors (Lipinski definition) is 2. The Kier molecular flexibility index (Phi) is 5.85. The number of aliphatic hydroxyl groups is 1. The van der Waals surface area contributed by atoms with Crippen LogP contribution in [0.15, 0.2) is 29.3 Å². The van der Waals surface area contributed by atoms with Crippen molar-refractivity contribution in [1.29, 1.82) is 0 Å². The molecule has 1 saturated carbocycles. The number of halogens is 1. The van der Waals surface area contributed by atoms with Crippen LogP contribution in [0.25, 0.3) is 0 Å². The molecule has 28 heavy (non-hydrogen) atoms. The van der Waals surface area contributed by atoms with Crippen molar-refractivity contribution >= 4 is 23.4 Å². The second kappa shape index (κ2) is 8.15. The molecule has 1 aromatic carbocycles. The average molecular weight is 391 g/mol. The van der Waals surface area contributed by atoms with Gasteiger partial charge in [-0.05, 0) is 37.0 Å². The van der Waals surface area contributed by atoms with Crippen molar-refractivity contribution in [1.82, 2.24) is 10.2 Å². The number of amidine groups is 1. The molecule has 0 bridgehead atoms. The minimum atomic E-state index is -1.49. The molecule has 9 heteroatoms. The van der Waals surface area contributed by atoms with Gasteiger partial charge in [0.05, 0.1) is 13.2 Å². The Balaban J connectivity index is 1.79. The lowest BCUT2D eigenvalue weighted by Crippen LogP contribution is -2.62. The Morgan fingerprint density at radius 1 is 1.36 bits per heavy atom. The van der Waals surface area contributed by atoms with Gasteiger partial charge in [-0.15, -0.1) is 0 Å². The molecular formula is C19H22FN3O5. The maximum Gasteiger partial charge on any atom is 0.297 e. The van der Waals surface area contributed by atoms with Gasteiger partial charge in [0, 0.05) is 13.6 Å². The fourth-order valence-corrected chi connectivity index (χ4v) is 3.31. The van der Waals surface area contributed by atoms with Gasteiger partial charge < -0.3 is 15.2 Å². The summed E-state index contributed by atoms with van der Waals surface area (Å²) in [5.74, 6) is -2.61. The Labute approximate surface area is 161 Å². The highest BCUT2D eigenvalue weighted by molar-refractivity contribution is 6.46. The van der Waals surface area contributed by atoms with E-state index in [0.717, 1.165) is 11.3 Å². The summed E-state index contributed by atoms with van der Waals surface area (Å²) < 4.78 is 18.7. The Morgan fingerprint density at radius 3 is 2.61 bits per heavy atom. The van der Waals surface area contributed by atoms with Crippen LogP contribution in [0.4, 0.5) is 4.39 Å². The molecule has 3 rings (SSSR count). The molecule has 0 spiro atoms. The third-order valence-corrected chi connectivity index (χ3v) is 5.00. The van der Waals surface area contributed by atoms with Crippen LogP contribution in [0.5, 0.6) is 0 Å². The summed E-state index contributed by atoms with van der Waals surface area (Å²) >= 11 is 0. The van der Waals surface area contributed by atoms with Gasteiger partial charge >= 0.3 is 0 Å². The van der Waals surface area contributed by atoms with E-state index in [2.05, 4.69) is 10.3 Å². The minimum absolute atomic E-state index is 0.0659. The highest BCUT2D eigenvalue weighted by atomic mass is 19.1. The molecule has 1 heterocycles. The van der Waals surface area contributed by atoms with Gasteiger partial charge in [0.2, 0.25) is 0 Å². The molecular weight excluding hydrogens is 369 g/mol. The van der Waals surface area contributed by atoms with Crippen LogP contribution >= 0.6 is 0 Å². The predicted molar refractivity (Wildman–Crippen MR) is 96.9 cm³/mol. The van der Waals surface area contributed by atoms with Crippen molar-refractivity contribution in [2.24, 2.45) is 4.99 Å². The van der Waals surface area contributed by atoms with E-state index < -0.39 is 35.1 Å². The quantitative estimate of drug-likeness (QED) is 0.509. The fraction of sp³-hybridized carbons (Fsp3) is 0.474. The number of aliphatic hydroxyl groups excluding tert-OH is 1. The second-order valence-corrected chi connectivity index (χ2v) is 6.85. The molecule has 2 N–H and O–H groups in total. The highest BCUT2D eigenvalue weighted by Gasteiger charge is 2.51. The van der Waals surface area contributed by atoms with Gasteiger partial charge in [-0.1, -0.05) is 12.1 Å². The van der Waals surface area contributed by atoms with Gasteiger partial charge in [-0.25, -0.2) is 9.38 Å². The Morgan fingerprint density at radius 2 is 2.04 bits per heavy atom. The standard InChI is InChI=1S/C19H22FN3O5/c1-23-17(27)15(25)14(16(26)21-11-12-3-5-13(20)6-4-12)22-18(23)19(7-2-8-19)28-10-9-24/h3-6,14,24H,2,7-11H2,1H3,(H,21,26). The van der Waals surface area contributed by atoms with E-state index in [4.69, 9.17) is 9.84 Å². The fourth-order valence-electron chi connectivity index (χ4n) is 3.31. The number of carbonyl (C=O) groups is 3. The number of carbonyl (C=O) groups excluding carboxylic acids is 3. The first kappa shape index (κ1) is 20.1. The van der Waals surface area contributed by atoms with E-state index in [-0.39, 0.29) is 25.6 Å². The molecule has 2 amide bonds. The van der Waals surface area contributed by atoms with Crippen LogP contribution in [0.1, 0.15) is 24.8 Å². The van der Waals surface area contributed by atoms with Crippen molar-refractivity contribution < 1.29 is 28.6 Å². The summed E-state index contributed by atoms with van der Waals surface area (Å²) in [6, 6.07) is 4.06.